The largest absolute Gasteiger partial charge is 0.399 e. The molecule has 1 aliphatic heterocycles. The molecule has 0 bridgehead atoms. The van der Waals surface area contributed by atoms with Crippen LogP contribution < -0.4 is 10.6 Å². The summed E-state index contributed by atoms with van der Waals surface area (Å²) < 4.78 is 0.821. The number of hydrogen-bond acceptors (Lipinski definition) is 3. The van der Waals surface area contributed by atoms with E-state index in [-0.39, 0.29) is 5.91 Å². The Balaban J connectivity index is 2.04. The molecule has 0 aliphatic carbocycles. The van der Waals surface area contributed by atoms with Crippen molar-refractivity contribution in [3.8, 4) is 0 Å². The Hall–Kier alpha value is -1.46. The molecule has 1 amide bonds. The van der Waals surface area contributed by atoms with Gasteiger partial charge < -0.3 is 10.6 Å². The summed E-state index contributed by atoms with van der Waals surface area (Å²) in [5.74, 6) is 0.907. The molecule has 1 aliphatic rings. The Morgan fingerprint density at radius 1 is 1.29 bits per heavy atom. The van der Waals surface area contributed by atoms with Gasteiger partial charge in [-0.25, -0.2) is 0 Å². The lowest BCUT2D eigenvalue weighted by Gasteiger charge is -2.29. The number of carbonyl (C=O) groups excluding carboxylic acids is 1. The zero-order valence-corrected chi connectivity index (χ0v) is 14.0. The molecular weight excluding hydrogens is 348 g/mol. The summed E-state index contributed by atoms with van der Waals surface area (Å²) in [6.45, 7) is 2.68. The van der Waals surface area contributed by atoms with Crippen LogP contribution in [0.1, 0.15) is 15.9 Å². The van der Waals surface area contributed by atoms with E-state index in [4.69, 9.17) is 5.73 Å². The number of fused-ring (bicyclic) bond motifs is 1. The van der Waals surface area contributed by atoms with Crippen molar-refractivity contribution < 1.29 is 4.79 Å². The molecule has 3 nitrogen and oxygen atoms in total. The van der Waals surface area contributed by atoms with Gasteiger partial charge in [0.25, 0.3) is 5.91 Å². The quantitative estimate of drug-likeness (QED) is 0.777. The Kier molecular flexibility index (Phi) is 3.95. The Labute approximate surface area is 136 Å². The number of benzene rings is 2. The minimum absolute atomic E-state index is 0.0118. The third-order valence-corrected chi connectivity index (χ3v) is 5.18. The van der Waals surface area contributed by atoms with Crippen LogP contribution in [0.25, 0.3) is 0 Å². The predicted molar refractivity (Wildman–Crippen MR) is 92.1 cm³/mol. The van der Waals surface area contributed by atoms with E-state index in [9.17, 15) is 4.79 Å². The van der Waals surface area contributed by atoms with Gasteiger partial charge in [-0.05, 0) is 53.2 Å². The van der Waals surface area contributed by atoms with Gasteiger partial charge in [-0.3, -0.25) is 4.79 Å². The molecule has 0 saturated carbocycles. The molecule has 21 heavy (non-hydrogen) atoms. The first-order valence-electron chi connectivity index (χ1n) is 6.66. The fraction of sp³-hybridized carbons (Fsp3) is 0.188. The van der Waals surface area contributed by atoms with Crippen LogP contribution in [0.4, 0.5) is 11.4 Å². The van der Waals surface area contributed by atoms with Gasteiger partial charge in [-0.1, -0.05) is 11.6 Å². The van der Waals surface area contributed by atoms with Crippen LogP contribution in [0.3, 0.4) is 0 Å². The molecule has 0 saturated heterocycles. The molecule has 5 heteroatoms. The summed E-state index contributed by atoms with van der Waals surface area (Å²) in [7, 11) is 0. The number of rotatable bonds is 1. The number of anilines is 2. The van der Waals surface area contributed by atoms with Crippen LogP contribution in [0.15, 0.2) is 45.8 Å². The summed E-state index contributed by atoms with van der Waals surface area (Å²) in [6, 6.07) is 11.6. The second-order valence-electron chi connectivity index (χ2n) is 5.02. The molecule has 108 valence electrons. The first-order chi connectivity index (χ1) is 10.1. The third kappa shape index (κ3) is 2.80. The fourth-order valence-electron chi connectivity index (χ4n) is 2.39. The molecule has 0 unspecified atom stereocenters. The molecule has 2 N–H and O–H groups in total. The smallest absolute Gasteiger partial charge is 0.259 e. The monoisotopic (exact) mass is 362 g/mol. The van der Waals surface area contributed by atoms with E-state index in [1.54, 1.807) is 11.8 Å². The van der Waals surface area contributed by atoms with Crippen LogP contribution in [0, 0.1) is 6.92 Å². The topological polar surface area (TPSA) is 46.3 Å². The van der Waals surface area contributed by atoms with E-state index in [0.717, 1.165) is 26.4 Å². The van der Waals surface area contributed by atoms with Crippen molar-refractivity contribution in [3.05, 3.63) is 52.0 Å². The fourth-order valence-corrected chi connectivity index (χ4v) is 3.79. The van der Waals surface area contributed by atoms with Gasteiger partial charge in [-0.15, -0.1) is 11.8 Å². The number of thioether (sulfide) groups is 1. The van der Waals surface area contributed by atoms with Gasteiger partial charge in [-0.2, -0.15) is 0 Å². The molecule has 2 aromatic carbocycles. The predicted octanol–water partition coefficient (Wildman–Crippen LogP) is 4.09. The van der Waals surface area contributed by atoms with Crippen LogP contribution in [0.5, 0.6) is 0 Å². The zero-order chi connectivity index (χ0) is 15.0. The molecule has 1 heterocycles. The van der Waals surface area contributed by atoms with Gasteiger partial charge in [0.05, 0.1) is 11.3 Å². The summed E-state index contributed by atoms with van der Waals surface area (Å²) in [5.41, 5.74) is 9.23. The minimum Gasteiger partial charge on any atom is -0.399 e. The molecule has 3 rings (SSSR count). The van der Waals surface area contributed by atoms with E-state index >= 15 is 0 Å². The maximum absolute atomic E-state index is 12.9. The second-order valence-corrected chi connectivity index (χ2v) is 7.01. The summed E-state index contributed by atoms with van der Waals surface area (Å²) >= 11 is 5.23. The SMILES string of the molecule is Cc1ccc(Br)c(C(=O)N2CCSc3ccc(N)cc32)c1. The number of nitrogen functional groups attached to an aromatic ring is 1. The number of nitrogens with two attached hydrogens (primary N) is 1. The first-order valence-corrected chi connectivity index (χ1v) is 8.44. The van der Waals surface area contributed by atoms with Crippen LogP contribution in [0.2, 0.25) is 0 Å². The molecule has 2 aromatic rings. The minimum atomic E-state index is 0.0118. The number of halogens is 1. The zero-order valence-electron chi connectivity index (χ0n) is 11.6. The Bertz CT molecular complexity index is 717. The number of carbonyl (C=O) groups is 1. The third-order valence-electron chi connectivity index (χ3n) is 3.44. The molecular formula is C16H15BrN2OS. The van der Waals surface area contributed by atoms with E-state index in [1.165, 1.54) is 0 Å². The standard InChI is InChI=1S/C16H15BrN2OS/c1-10-2-4-13(17)12(8-10)16(20)19-6-7-21-15-5-3-11(18)9-14(15)19/h2-5,8-9H,6-7,18H2,1H3. The van der Waals surface area contributed by atoms with Gasteiger partial charge in [0.2, 0.25) is 0 Å². The van der Waals surface area contributed by atoms with Crippen molar-refractivity contribution >= 4 is 45.0 Å². The van der Waals surface area contributed by atoms with Crippen LogP contribution in [-0.2, 0) is 0 Å². The van der Waals surface area contributed by atoms with E-state index in [0.29, 0.717) is 17.8 Å². The second kappa shape index (κ2) is 5.73. The molecule has 0 spiro atoms. The van der Waals surface area contributed by atoms with E-state index in [2.05, 4.69) is 15.9 Å². The van der Waals surface area contributed by atoms with Gasteiger partial charge >= 0.3 is 0 Å². The maximum atomic E-state index is 12.9. The number of aryl methyl sites for hydroxylation is 1. The molecule has 0 atom stereocenters. The lowest BCUT2D eigenvalue weighted by Crippen LogP contribution is -2.35. The molecule has 0 radical (unpaired) electrons. The lowest BCUT2D eigenvalue weighted by molar-refractivity contribution is 0.0987. The van der Waals surface area contributed by atoms with Gasteiger partial charge in [0, 0.05) is 27.4 Å². The average Bonchev–Trinajstić information content (AvgIpc) is 2.48. The molecule has 0 fully saturated rings. The highest BCUT2D eigenvalue weighted by molar-refractivity contribution is 9.10. The van der Waals surface area contributed by atoms with Crippen LogP contribution >= 0.6 is 27.7 Å². The van der Waals surface area contributed by atoms with Crippen molar-refractivity contribution in [2.75, 3.05) is 22.9 Å². The van der Waals surface area contributed by atoms with Gasteiger partial charge in [0.15, 0.2) is 0 Å². The average molecular weight is 363 g/mol. The number of hydrogen-bond donors (Lipinski definition) is 1. The summed E-state index contributed by atoms with van der Waals surface area (Å²) in [6.07, 6.45) is 0. The van der Waals surface area contributed by atoms with Gasteiger partial charge in [0.1, 0.15) is 0 Å². The van der Waals surface area contributed by atoms with Crippen molar-refractivity contribution in [3.63, 3.8) is 0 Å². The van der Waals surface area contributed by atoms with Crippen molar-refractivity contribution in [2.45, 2.75) is 11.8 Å². The molecule has 0 aromatic heterocycles. The summed E-state index contributed by atoms with van der Waals surface area (Å²) in [5, 5.41) is 0. The van der Waals surface area contributed by atoms with Crippen molar-refractivity contribution in [1.82, 2.24) is 0 Å². The van der Waals surface area contributed by atoms with Crippen molar-refractivity contribution in [2.24, 2.45) is 0 Å². The normalized spacial score (nSPS) is 13.9. The number of amides is 1. The Morgan fingerprint density at radius 3 is 2.90 bits per heavy atom. The maximum Gasteiger partial charge on any atom is 0.259 e. The van der Waals surface area contributed by atoms with Crippen molar-refractivity contribution in [1.29, 1.82) is 0 Å². The van der Waals surface area contributed by atoms with Crippen LogP contribution in [-0.4, -0.2) is 18.2 Å². The first kappa shape index (κ1) is 14.5. The van der Waals surface area contributed by atoms with E-state index in [1.807, 2.05) is 48.2 Å². The highest BCUT2D eigenvalue weighted by Crippen LogP contribution is 2.37. The number of nitrogens with zero attached hydrogens (tertiary/aromatic N) is 1. The highest BCUT2D eigenvalue weighted by atomic mass is 79.9. The lowest BCUT2D eigenvalue weighted by atomic mass is 10.1. The Morgan fingerprint density at radius 2 is 2.10 bits per heavy atom. The van der Waals surface area contributed by atoms with E-state index < -0.39 is 0 Å². The summed E-state index contributed by atoms with van der Waals surface area (Å²) in [4.78, 5) is 15.8. The highest BCUT2D eigenvalue weighted by Gasteiger charge is 2.25.